The number of methoxy groups -OCH3 is 1. The van der Waals surface area contributed by atoms with Gasteiger partial charge in [0.25, 0.3) is 0 Å². The van der Waals surface area contributed by atoms with Crippen LogP contribution < -0.4 is 14.8 Å². The summed E-state index contributed by atoms with van der Waals surface area (Å²) in [6.07, 6.45) is 4.94. The van der Waals surface area contributed by atoms with Crippen LogP contribution in [0.4, 0.5) is 0 Å². The molecule has 1 N–H and O–H groups in total. The molecule has 104 valence electrons. The molecule has 0 amide bonds. The Morgan fingerprint density at radius 1 is 1.32 bits per heavy atom. The minimum Gasteiger partial charge on any atom is -0.493 e. The smallest absolute Gasteiger partial charge is 0.176 e. The molecule has 0 spiro atoms. The van der Waals surface area contributed by atoms with Crippen molar-refractivity contribution in [2.45, 2.75) is 31.8 Å². The van der Waals surface area contributed by atoms with Gasteiger partial charge in [0.1, 0.15) is 0 Å². The minimum absolute atomic E-state index is 0.0493. The van der Waals surface area contributed by atoms with Gasteiger partial charge in [-0.05, 0) is 50.9 Å². The molecule has 0 aliphatic heterocycles. The number of Topliss-reactive ketones (excluding diaryl/α,β-unsaturated/α-hetero) is 1. The molecule has 1 aliphatic carbocycles. The maximum Gasteiger partial charge on any atom is 0.176 e. The minimum atomic E-state index is 0.0493. The second kappa shape index (κ2) is 6.57. The average Bonchev–Trinajstić information content (AvgIpc) is 2.92. The van der Waals surface area contributed by atoms with Crippen molar-refractivity contribution in [3.05, 3.63) is 23.8 Å². The zero-order valence-corrected chi connectivity index (χ0v) is 11.6. The summed E-state index contributed by atoms with van der Waals surface area (Å²) < 4.78 is 11.3. The predicted molar refractivity (Wildman–Crippen MR) is 74.1 cm³/mol. The fraction of sp³-hybridized carbons (Fsp3) is 0.533. The van der Waals surface area contributed by atoms with Gasteiger partial charge in [-0.1, -0.05) is 0 Å². The number of hydrogen-bond acceptors (Lipinski definition) is 4. The van der Waals surface area contributed by atoms with Gasteiger partial charge in [-0.2, -0.15) is 0 Å². The molecule has 0 unspecified atom stereocenters. The Kier molecular flexibility index (Phi) is 4.80. The molecule has 1 aromatic carbocycles. The number of benzene rings is 1. The summed E-state index contributed by atoms with van der Waals surface area (Å²) in [5, 5.41) is 2.86. The van der Waals surface area contributed by atoms with E-state index in [-0.39, 0.29) is 11.9 Å². The molecule has 4 heteroatoms. The summed E-state index contributed by atoms with van der Waals surface area (Å²) in [4.78, 5) is 11.8. The fourth-order valence-electron chi connectivity index (χ4n) is 2.39. The quantitative estimate of drug-likeness (QED) is 0.801. The van der Waals surface area contributed by atoms with Crippen LogP contribution in [0.25, 0.3) is 0 Å². The molecule has 1 aliphatic rings. The first kappa shape index (κ1) is 13.9. The molecule has 0 radical (unpaired) electrons. The van der Waals surface area contributed by atoms with Crippen molar-refractivity contribution in [3.8, 4) is 11.5 Å². The van der Waals surface area contributed by atoms with E-state index in [0.717, 1.165) is 18.6 Å². The van der Waals surface area contributed by atoms with Crippen molar-refractivity contribution in [2.75, 3.05) is 20.7 Å². The average molecular weight is 263 g/mol. The van der Waals surface area contributed by atoms with E-state index in [1.54, 1.807) is 26.3 Å². The Hall–Kier alpha value is -1.55. The van der Waals surface area contributed by atoms with Crippen LogP contribution in [0.2, 0.25) is 0 Å². The summed E-state index contributed by atoms with van der Waals surface area (Å²) in [7, 11) is 3.36. The molecule has 0 heterocycles. The van der Waals surface area contributed by atoms with E-state index in [9.17, 15) is 4.79 Å². The molecule has 0 atom stereocenters. The van der Waals surface area contributed by atoms with Gasteiger partial charge in [-0.15, -0.1) is 0 Å². The fourth-order valence-corrected chi connectivity index (χ4v) is 2.39. The van der Waals surface area contributed by atoms with Crippen LogP contribution in [0.1, 0.15) is 36.0 Å². The topological polar surface area (TPSA) is 47.6 Å². The van der Waals surface area contributed by atoms with Crippen molar-refractivity contribution in [2.24, 2.45) is 0 Å². The van der Waals surface area contributed by atoms with Crippen LogP contribution in [0.5, 0.6) is 11.5 Å². The zero-order chi connectivity index (χ0) is 13.7. The molecule has 1 saturated carbocycles. The third-order valence-electron chi connectivity index (χ3n) is 3.42. The number of ether oxygens (including phenoxy) is 2. The number of carbonyl (C=O) groups is 1. The van der Waals surface area contributed by atoms with Crippen LogP contribution in [0.3, 0.4) is 0 Å². The SMILES string of the molecule is CNCC(=O)c1ccc(OC2CCCC2)c(OC)c1. The van der Waals surface area contributed by atoms with Gasteiger partial charge in [-0.25, -0.2) is 0 Å². The Bertz CT molecular complexity index is 439. The first-order chi connectivity index (χ1) is 9.24. The standard InChI is InChI=1S/C15H21NO3/c1-16-10-13(17)11-7-8-14(15(9-11)18-2)19-12-5-3-4-6-12/h7-9,12,16H,3-6,10H2,1-2H3. The molecule has 0 bridgehead atoms. The van der Waals surface area contributed by atoms with Gasteiger partial charge in [-0.3, -0.25) is 4.79 Å². The molecule has 19 heavy (non-hydrogen) atoms. The van der Waals surface area contributed by atoms with Crippen molar-refractivity contribution in [1.82, 2.24) is 5.32 Å². The van der Waals surface area contributed by atoms with Crippen LogP contribution in [0, 0.1) is 0 Å². The van der Waals surface area contributed by atoms with Crippen molar-refractivity contribution < 1.29 is 14.3 Å². The normalized spacial score (nSPS) is 15.5. The second-order valence-corrected chi connectivity index (χ2v) is 4.84. The molecule has 1 fully saturated rings. The lowest BCUT2D eigenvalue weighted by molar-refractivity contribution is 0.0993. The van der Waals surface area contributed by atoms with Gasteiger partial charge in [0.2, 0.25) is 0 Å². The Morgan fingerprint density at radius 2 is 2.05 bits per heavy atom. The molecule has 4 nitrogen and oxygen atoms in total. The van der Waals surface area contributed by atoms with E-state index < -0.39 is 0 Å². The summed E-state index contributed by atoms with van der Waals surface area (Å²) >= 11 is 0. The lowest BCUT2D eigenvalue weighted by Gasteiger charge is -2.16. The highest BCUT2D eigenvalue weighted by Crippen LogP contribution is 2.32. The first-order valence-corrected chi connectivity index (χ1v) is 6.77. The van der Waals surface area contributed by atoms with E-state index in [1.807, 2.05) is 6.07 Å². The third kappa shape index (κ3) is 3.47. The number of rotatable bonds is 6. The molecule has 2 rings (SSSR count). The Morgan fingerprint density at radius 3 is 2.68 bits per heavy atom. The third-order valence-corrected chi connectivity index (χ3v) is 3.42. The molecular formula is C15H21NO3. The largest absolute Gasteiger partial charge is 0.493 e. The molecule has 0 saturated heterocycles. The van der Waals surface area contributed by atoms with Crippen LogP contribution in [0.15, 0.2) is 18.2 Å². The van der Waals surface area contributed by atoms with Gasteiger partial charge in [0, 0.05) is 5.56 Å². The number of nitrogens with one attached hydrogen (secondary N) is 1. The number of hydrogen-bond donors (Lipinski definition) is 1. The van der Waals surface area contributed by atoms with Crippen LogP contribution >= 0.6 is 0 Å². The highest BCUT2D eigenvalue weighted by Gasteiger charge is 2.19. The predicted octanol–water partition coefficient (Wildman–Crippen LogP) is 2.42. The second-order valence-electron chi connectivity index (χ2n) is 4.84. The van der Waals surface area contributed by atoms with E-state index in [1.165, 1.54) is 12.8 Å². The lowest BCUT2D eigenvalue weighted by atomic mass is 10.1. The summed E-state index contributed by atoms with van der Waals surface area (Å²) in [6.45, 7) is 0.325. The number of likely N-dealkylation sites (N-methyl/N-ethyl adjacent to an activating group) is 1. The summed E-state index contributed by atoms with van der Waals surface area (Å²) in [5.74, 6) is 1.41. The highest BCUT2D eigenvalue weighted by atomic mass is 16.5. The number of ketones is 1. The van der Waals surface area contributed by atoms with E-state index >= 15 is 0 Å². The summed E-state index contributed by atoms with van der Waals surface area (Å²) in [5.41, 5.74) is 0.643. The Balaban J connectivity index is 2.13. The maximum atomic E-state index is 11.8. The van der Waals surface area contributed by atoms with E-state index in [0.29, 0.717) is 17.9 Å². The lowest BCUT2D eigenvalue weighted by Crippen LogP contribution is -2.18. The molecule has 1 aromatic rings. The van der Waals surface area contributed by atoms with Gasteiger partial charge < -0.3 is 14.8 Å². The summed E-state index contributed by atoms with van der Waals surface area (Å²) in [6, 6.07) is 5.39. The van der Waals surface area contributed by atoms with Crippen LogP contribution in [-0.4, -0.2) is 32.6 Å². The molecule has 0 aromatic heterocycles. The van der Waals surface area contributed by atoms with Gasteiger partial charge >= 0.3 is 0 Å². The molecular weight excluding hydrogens is 242 g/mol. The zero-order valence-electron chi connectivity index (χ0n) is 11.6. The monoisotopic (exact) mass is 263 g/mol. The highest BCUT2D eigenvalue weighted by molar-refractivity contribution is 5.98. The van der Waals surface area contributed by atoms with Crippen molar-refractivity contribution in [1.29, 1.82) is 0 Å². The van der Waals surface area contributed by atoms with Crippen molar-refractivity contribution in [3.63, 3.8) is 0 Å². The van der Waals surface area contributed by atoms with Crippen LogP contribution in [-0.2, 0) is 0 Å². The van der Waals surface area contributed by atoms with E-state index in [4.69, 9.17) is 9.47 Å². The Labute approximate surface area is 114 Å². The van der Waals surface area contributed by atoms with Gasteiger partial charge in [0.05, 0.1) is 19.8 Å². The maximum absolute atomic E-state index is 11.8. The van der Waals surface area contributed by atoms with E-state index in [2.05, 4.69) is 5.32 Å². The van der Waals surface area contributed by atoms with Gasteiger partial charge in [0.15, 0.2) is 17.3 Å². The van der Waals surface area contributed by atoms with Crippen molar-refractivity contribution >= 4 is 5.78 Å². The number of carbonyl (C=O) groups excluding carboxylic acids is 1. The first-order valence-electron chi connectivity index (χ1n) is 6.77.